The molecular weight excluding hydrogens is 186 g/mol. The van der Waals surface area contributed by atoms with Gasteiger partial charge in [-0.25, -0.2) is 0 Å². The lowest BCUT2D eigenvalue weighted by Gasteiger charge is -2.25. The SMILES string of the molecule is CCC(O)(CC)CNCc1ccccc1. The van der Waals surface area contributed by atoms with Crippen molar-refractivity contribution in [3.8, 4) is 0 Å². The minimum absolute atomic E-state index is 0.547. The van der Waals surface area contributed by atoms with E-state index in [2.05, 4.69) is 17.4 Å². The molecule has 0 fully saturated rings. The lowest BCUT2D eigenvalue weighted by atomic mass is 9.97. The second-order valence-electron chi connectivity index (χ2n) is 4.02. The quantitative estimate of drug-likeness (QED) is 0.750. The third-order valence-corrected chi connectivity index (χ3v) is 2.94. The first-order valence-corrected chi connectivity index (χ1v) is 5.67. The lowest BCUT2D eigenvalue weighted by molar-refractivity contribution is 0.0323. The van der Waals surface area contributed by atoms with E-state index in [4.69, 9.17) is 0 Å². The van der Waals surface area contributed by atoms with Crippen LogP contribution in [0.4, 0.5) is 0 Å². The van der Waals surface area contributed by atoms with Crippen LogP contribution >= 0.6 is 0 Å². The normalized spacial score (nSPS) is 11.7. The summed E-state index contributed by atoms with van der Waals surface area (Å²) >= 11 is 0. The average molecular weight is 207 g/mol. The number of hydrogen-bond donors (Lipinski definition) is 2. The van der Waals surface area contributed by atoms with Gasteiger partial charge in [0.15, 0.2) is 0 Å². The summed E-state index contributed by atoms with van der Waals surface area (Å²) in [6.07, 6.45) is 1.59. The van der Waals surface area contributed by atoms with E-state index in [1.807, 2.05) is 32.0 Å². The van der Waals surface area contributed by atoms with Gasteiger partial charge in [0.05, 0.1) is 5.60 Å². The van der Waals surface area contributed by atoms with Gasteiger partial charge >= 0.3 is 0 Å². The number of nitrogens with one attached hydrogen (secondary N) is 1. The van der Waals surface area contributed by atoms with Gasteiger partial charge in [0, 0.05) is 13.1 Å². The van der Waals surface area contributed by atoms with E-state index in [1.165, 1.54) is 5.56 Å². The molecule has 1 aromatic rings. The van der Waals surface area contributed by atoms with Crippen LogP contribution in [0.5, 0.6) is 0 Å². The Balaban J connectivity index is 2.33. The van der Waals surface area contributed by atoms with Crippen molar-refractivity contribution in [1.29, 1.82) is 0 Å². The van der Waals surface area contributed by atoms with E-state index in [-0.39, 0.29) is 0 Å². The molecule has 0 bridgehead atoms. The second-order valence-corrected chi connectivity index (χ2v) is 4.02. The first kappa shape index (κ1) is 12.2. The van der Waals surface area contributed by atoms with Gasteiger partial charge in [0.1, 0.15) is 0 Å². The Bertz CT molecular complexity index is 267. The molecule has 0 amide bonds. The molecule has 0 spiro atoms. The molecule has 0 aliphatic rings. The molecule has 2 heteroatoms. The molecule has 0 aromatic heterocycles. The Morgan fingerprint density at radius 3 is 2.27 bits per heavy atom. The fourth-order valence-corrected chi connectivity index (χ4v) is 1.54. The topological polar surface area (TPSA) is 32.3 Å². The number of benzene rings is 1. The molecule has 0 heterocycles. The standard InChI is InChI=1S/C13H21NO/c1-3-13(15,4-2)11-14-10-12-8-6-5-7-9-12/h5-9,14-15H,3-4,10-11H2,1-2H3. The van der Waals surface area contributed by atoms with Crippen molar-refractivity contribution < 1.29 is 5.11 Å². The fraction of sp³-hybridized carbons (Fsp3) is 0.538. The van der Waals surface area contributed by atoms with Crippen LogP contribution in [0.15, 0.2) is 30.3 Å². The summed E-state index contributed by atoms with van der Waals surface area (Å²) in [6, 6.07) is 10.2. The zero-order valence-electron chi connectivity index (χ0n) is 9.66. The van der Waals surface area contributed by atoms with E-state index in [0.717, 1.165) is 19.4 Å². The highest BCUT2D eigenvalue weighted by Gasteiger charge is 2.20. The van der Waals surface area contributed by atoms with E-state index >= 15 is 0 Å². The van der Waals surface area contributed by atoms with Crippen LogP contribution in [-0.2, 0) is 6.54 Å². The van der Waals surface area contributed by atoms with Crippen LogP contribution in [0.3, 0.4) is 0 Å². The predicted octanol–water partition coefficient (Wildman–Crippen LogP) is 2.33. The highest BCUT2D eigenvalue weighted by atomic mass is 16.3. The Kier molecular flexibility index (Phi) is 4.79. The lowest BCUT2D eigenvalue weighted by Crippen LogP contribution is -2.39. The number of rotatable bonds is 6. The molecule has 1 aromatic carbocycles. The average Bonchev–Trinajstić information content (AvgIpc) is 2.30. The summed E-state index contributed by atoms with van der Waals surface area (Å²) in [4.78, 5) is 0. The molecule has 0 aliphatic heterocycles. The van der Waals surface area contributed by atoms with Crippen LogP contribution in [0.1, 0.15) is 32.3 Å². The Labute approximate surface area is 92.3 Å². The molecule has 0 radical (unpaired) electrons. The van der Waals surface area contributed by atoms with Crippen LogP contribution in [0.2, 0.25) is 0 Å². The summed E-state index contributed by atoms with van der Waals surface area (Å²) in [6.45, 7) is 5.53. The van der Waals surface area contributed by atoms with Crippen molar-refractivity contribution in [2.45, 2.75) is 38.8 Å². The summed E-state index contributed by atoms with van der Waals surface area (Å²) in [5, 5.41) is 13.3. The minimum Gasteiger partial charge on any atom is -0.389 e. The minimum atomic E-state index is -0.547. The van der Waals surface area contributed by atoms with E-state index in [9.17, 15) is 5.11 Å². The van der Waals surface area contributed by atoms with Gasteiger partial charge in [0.25, 0.3) is 0 Å². The largest absolute Gasteiger partial charge is 0.389 e. The first-order chi connectivity index (χ1) is 7.20. The molecule has 15 heavy (non-hydrogen) atoms. The first-order valence-electron chi connectivity index (χ1n) is 5.67. The van der Waals surface area contributed by atoms with Gasteiger partial charge in [-0.05, 0) is 18.4 Å². The molecule has 0 saturated heterocycles. The molecule has 0 unspecified atom stereocenters. The summed E-state index contributed by atoms with van der Waals surface area (Å²) in [5.74, 6) is 0. The molecule has 0 aliphatic carbocycles. The van der Waals surface area contributed by atoms with Crippen LogP contribution in [-0.4, -0.2) is 17.3 Å². The second kappa shape index (κ2) is 5.89. The molecule has 1 rings (SSSR count). The number of hydrogen-bond acceptors (Lipinski definition) is 2. The van der Waals surface area contributed by atoms with E-state index < -0.39 is 5.60 Å². The molecule has 0 saturated carbocycles. The maximum atomic E-state index is 10.0. The van der Waals surface area contributed by atoms with Gasteiger partial charge < -0.3 is 10.4 Å². The Morgan fingerprint density at radius 2 is 1.73 bits per heavy atom. The number of aliphatic hydroxyl groups is 1. The Morgan fingerprint density at radius 1 is 1.13 bits per heavy atom. The van der Waals surface area contributed by atoms with Gasteiger partial charge in [-0.2, -0.15) is 0 Å². The summed E-state index contributed by atoms with van der Waals surface area (Å²) < 4.78 is 0. The maximum Gasteiger partial charge on any atom is 0.0766 e. The monoisotopic (exact) mass is 207 g/mol. The molecule has 84 valence electrons. The smallest absolute Gasteiger partial charge is 0.0766 e. The van der Waals surface area contributed by atoms with Crippen LogP contribution in [0.25, 0.3) is 0 Å². The van der Waals surface area contributed by atoms with Crippen molar-refractivity contribution in [2.24, 2.45) is 0 Å². The van der Waals surface area contributed by atoms with Gasteiger partial charge in [-0.15, -0.1) is 0 Å². The highest BCUT2D eigenvalue weighted by molar-refractivity contribution is 5.14. The molecular formula is C13H21NO. The zero-order valence-corrected chi connectivity index (χ0v) is 9.66. The van der Waals surface area contributed by atoms with E-state index in [0.29, 0.717) is 6.54 Å². The van der Waals surface area contributed by atoms with Crippen molar-refractivity contribution >= 4 is 0 Å². The zero-order chi connectivity index (χ0) is 11.1. The van der Waals surface area contributed by atoms with E-state index in [1.54, 1.807) is 0 Å². The molecule has 2 N–H and O–H groups in total. The third kappa shape index (κ3) is 4.02. The van der Waals surface area contributed by atoms with Crippen LogP contribution in [0, 0.1) is 0 Å². The fourth-order valence-electron chi connectivity index (χ4n) is 1.54. The van der Waals surface area contributed by atoms with Gasteiger partial charge in [0.2, 0.25) is 0 Å². The van der Waals surface area contributed by atoms with Gasteiger partial charge in [-0.1, -0.05) is 44.2 Å². The summed E-state index contributed by atoms with van der Waals surface area (Å²) in [5.41, 5.74) is 0.710. The Hall–Kier alpha value is -0.860. The molecule has 2 nitrogen and oxygen atoms in total. The maximum absolute atomic E-state index is 10.0. The highest BCUT2D eigenvalue weighted by Crippen LogP contribution is 2.13. The van der Waals surface area contributed by atoms with Gasteiger partial charge in [-0.3, -0.25) is 0 Å². The predicted molar refractivity (Wildman–Crippen MR) is 63.7 cm³/mol. The summed E-state index contributed by atoms with van der Waals surface area (Å²) in [7, 11) is 0. The van der Waals surface area contributed by atoms with Crippen molar-refractivity contribution in [3.63, 3.8) is 0 Å². The van der Waals surface area contributed by atoms with Crippen molar-refractivity contribution in [1.82, 2.24) is 5.32 Å². The molecule has 0 atom stereocenters. The van der Waals surface area contributed by atoms with Crippen molar-refractivity contribution in [2.75, 3.05) is 6.54 Å². The van der Waals surface area contributed by atoms with Crippen molar-refractivity contribution in [3.05, 3.63) is 35.9 Å². The third-order valence-electron chi connectivity index (χ3n) is 2.94. The van der Waals surface area contributed by atoms with Crippen LogP contribution < -0.4 is 5.32 Å².